The highest BCUT2D eigenvalue weighted by molar-refractivity contribution is 6.35. The third-order valence-corrected chi connectivity index (χ3v) is 2.86. The molecule has 0 bridgehead atoms. The van der Waals surface area contributed by atoms with Crippen LogP contribution < -0.4 is 15.2 Å². The number of rotatable bonds is 4. The third-order valence-electron chi connectivity index (χ3n) is 2.50. The molecule has 1 aromatic carbocycles. The van der Waals surface area contributed by atoms with E-state index in [0.717, 1.165) is 0 Å². The van der Waals surface area contributed by atoms with Gasteiger partial charge < -0.3 is 20.4 Å². The van der Waals surface area contributed by atoms with Gasteiger partial charge in [0.05, 0.1) is 7.11 Å². The molecule has 3 N–H and O–H groups in total. The molecule has 0 amide bonds. The highest BCUT2D eigenvalue weighted by atomic mass is 35.5. The summed E-state index contributed by atoms with van der Waals surface area (Å²) in [6.45, 7) is 0. The Morgan fingerprint density at radius 2 is 2.10 bits per heavy atom. The number of oxime groups is 1. The second-order valence-corrected chi connectivity index (χ2v) is 4.12. The summed E-state index contributed by atoms with van der Waals surface area (Å²) in [5, 5.41) is 11.7. The normalized spacial score (nSPS) is 11.2. The van der Waals surface area contributed by atoms with Crippen molar-refractivity contribution in [3.63, 3.8) is 0 Å². The average Bonchev–Trinajstić information content (AvgIpc) is 2.49. The number of methoxy groups -OCH3 is 1. The van der Waals surface area contributed by atoms with Crippen LogP contribution in [-0.2, 0) is 0 Å². The molecule has 6 nitrogen and oxygen atoms in total. The zero-order valence-electron chi connectivity index (χ0n) is 10.6. The summed E-state index contributed by atoms with van der Waals surface area (Å²) in [5.74, 6) is 1.19. The standard InChI is InChI=1S/C13H12ClN3O3/c1-19-8-3-2-4-9(7-8)20-13-11(14)10(5-6-16-13)12(15)17-18/h2-7,18H,1H3,(H2,15,17). The highest BCUT2D eigenvalue weighted by Crippen LogP contribution is 2.31. The average molecular weight is 294 g/mol. The van der Waals surface area contributed by atoms with Crippen molar-refractivity contribution in [1.82, 2.24) is 4.98 Å². The van der Waals surface area contributed by atoms with Crippen LogP contribution in [0.5, 0.6) is 17.4 Å². The Labute approximate surface area is 120 Å². The zero-order chi connectivity index (χ0) is 14.5. The lowest BCUT2D eigenvalue weighted by molar-refractivity contribution is 0.318. The van der Waals surface area contributed by atoms with Crippen molar-refractivity contribution >= 4 is 17.4 Å². The molecule has 1 heterocycles. The molecule has 2 aromatic rings. The maximum atomic E-state index is 8.69. The molecule has 0 unspecified atom stereocenters. The van der Waals surface area contributed by atoms with Crippen LogP contribution >= 0.6 is 11.6 Å². The monoisotopic (exact) mass is 293 g/mol. The largest absolute Gasteiger partial charge is 0.497 e. The van der Waals surface area contributed by atoms with E-state index >= 15 is 0 Å². The number of ether oxygens (including phenoxy) is 2. The van der Waals surface area contributed by atoms with Crippen LogP contribution in [-0.4, -0.2) is 23.1 Å². The van der Waals surface area contributed by atoms with Gasteiger partial charge in [0.1, 0.15) is 16.5 Å². The summed E-state index contributed by atoms with van der Waals surface area (Å²) in [5.41, 5.74) is 5.85. The minimum atomic E-state index is -0.118. The van der Waals surface area contributed by atoms with Crippen molar-refractivity contribution in [1.29, 1.82) is 0 Å². The van der Waals surface area contributed by atoms with Gasteiger partial charge in [-0.2, -0.15) is 0 Å². The van der Waals surface area contributed by atoms with Gasteiger partial charge in [-0.25, -0.2) is 4.98 Å². The maximum absolute atomic E-state index is 8.69. The quantitative estimate of drug-likeness (QED) is 0.391. The van der Waals surface area contributed by atoms with E-state index in [4.69, 9.17) is 32.0 Å². The Balaban J connectivity index is 2.34. The molecule has 0 atom stereocenters. The first-order valence-electron chi connectivity index (χ1n) is 5.60. The van der Waals surface area contributed by atoms with Gasteiger partial charge in [-0.1, -0.05) is 22.8 Å². The summed E-state index contributed by atoms with van der Waals surface area (Å²) in [4.78, 5) is 4.02. The Hall–Kier alpha value is -2.47. The second kappa shape index (κ2) is 6.12. The van der Waals surface area contributed by atoms with Gasteiger partial charge in [-0.3, -0.25) is 0 Å². The number of halogens is 1. The number of nitrogens with zero attached hydrogens (tertiary/aromatic N) is 2. The van der Waals surface area contributed by atoms with Gasteiger partial charge in [0.2, 0.25) is 5.88 Å². The van der Waals surface area contributed by atoms with Crippen LogP contribution in [0.4, 0.5) is 0 Å². The van der Waals surface area contributed by atoms with Crippen LogP contribution in [0.25, 0.3) is 0 Å². The van der Waals surface area contributed by atoms with E-state index in [0.29, 0.717) is 17.1 Å². The number of hydrogen-bond acceptors (Lipinski definition) is 5. The van der Waals surface area contributed by atoms with Gasteiger partial charge >= 0.3 is 0 Å². The predicted octanol–water partition coefficient (Wildman–Crippen LogP) is 2.63. The lowest BCUT2D eigenvalue weighted by Crippen LogP contribution is -2.14. The number of amidine groups is 1. The third kappa shape index (κ3) is 2.92. The molecule has 2 rings (SSSR count). The molecule has 1 aromatic heterocycles. The number of benzene rings is 1. The van der Waals surface area contributed by atoms with Gasteiger partial charge in [0.15, 0.2) is 5.84 Å². The van der Waals surface area contributed by atoms with Crippen LogP contribution in [0.15, 0.2) is 41.7 Å². The van der Waals surface area contributed by atoms with Gasteiger partial charge in [0.25, 0.3) is 0 Å². The topological polar surface area (TPSA) is 90.0 Å². The first-order valence-corrected chi connectivity index (χ1v) is 5.98. The molecule has 0 radical (unpaired) electrons. The highest BCUT2D eigenvalue weighted by Gasteiger charge is 2.13. The minimum absolute atomic E-state index is 0.118. The van der Waals surface area contributed by atoms with Gasteiger partial charge in [-0.15, -0.1) is 0 Å². The molecule has 0 aliphatic rings. The Kier molecular flexibility index (Phi) is 4.27. The molecule has 0 aliphatic heterocycles. The minimum Gasteiger partial charge on any atom is -0.497 e. The van der Waals surface area contributed by atoms with E-state index < -0.39 is 0 Å². The SMILES string of the molecule is COc1cccc(Oc2nccc(/C(N)=N/O)c2Cl)c1. The predicted molar refractivity (Wildman–Crippen MR) is 74.8 cm³/mol. The van der Waals surface area contributed by atoms with Crippen LogP contribution in [0.3, 0.4) is 0 Å². The van der Waals surface area contributed by atoms with Crippen LogP contribution in [0.2, 0.25) is 5.02 Å². The van der Waals surface area contributed by atoms with Crippen LogP contribution in [0.1, 0.15) is 5.56 Å². The van der Waals surface area contributed by atoms with E-state index in [1.165, 1.54) is 12.3 Å². The molecule has 0 saturated carbocycles. The van der Waals surface area contributed by atoms with E-state index in [1.807, 2.05) is 0 Å². The molecular formula is C13H12ClN3O3. The van der Waals surface area contributed by atoms with Crippen molar-refractivity contribution in [2.45, 2.75) is 0 Å². The first kappa shape index (κ1) is 14.0. The summed E-state index contributed by atoms with van der Waals surface area (Å²) in [7, 11) is 1.56. The summed E-state index contributed by atoms with van der Waals surface area (Å²) in [6.07, 6.45) is 1.45. The number of aromatic nitrogens is 1. The lowest BCUT2D eigenvalue weighted by atomic mass is 10.2. The van der Waals surface area contributed by atoms with E-state index in [9.17, 15) is 0 Å². The van der Waals surface area contributed by atoms with E-state index in [2.05, 4.69) is 10.1 Å². The van der Waals surface area contributed by atoms with Crippen molar-refractivity contribution in [3.8, 4) is 17.4 Å². The fourth-order valence-corrected chi connectivity index (χ4v) is 1.77. The number of nitrogens with two attached hydrogens (primary N) is 1. The fraction of sp³-hybridized carbons (Fsp3) is 0.0769. The number of pyridine rings is 1. The maximum Gasteiger partial charge on any atom is 0.238 e. The smallest absolute Gasteiger partial charge is 0.238 e. The summed E-state index contributed by atoms with van der Waals surface area (Å²) in [6, 6.07) is 8.50. The van der Waals surface area contributed by atoms with Crippen molar-refractivity contribution < 1.29 is 14.7 Å². The molecule has 0 spiro atoms. The fourth-order valence-electron chi connectivity index (χ4n) is 1.52. The van der Waals surface area contributed by atoms with Gasteiger partial charge in [0, 0.05) is 17.8 Å². The summed E-state index contributed by atoms with van der Waals surface area (Å²) >= 11 is 6.12. The Morgan fingerprint density at radius 3 is 2.80 bits per heavy atom. The van der Waals surface area contributed by atoms with E-state index in [-0.39, 0.29) is 16.7 Å². The van der Waals surface area contributed by atoms with Crippen molar-refractivity contribution in [3.05, 3.63) is 47.1 Å². The molecular weight excluding hydrogens is 282 g/mol. The summed E-state index contributed by atoms with van der Waals surface area (Å²) < 4.78 is 10.7. The second-order valence-electron chi connectivity index (χ2n) is 3.74. The van der Waals surface area contributed by atoms with Gasteiger partial charge in [-0.05, 0) is 18.2 Å². The number of hydrogen-bond donors (Lipinski definition) is 2. The Bertz CT molecular complexity index is 647. The molecule has 0 fully saturated rings. The van der Waals surface area contributed by atoms with Crippen molar-refractivity contribution in [2.24, 2.45) is 10.9 Å². The lowest BCUT2D eigenvalue weighted by Gasteiger charge is -2.09. The molecule has 7 heteroatoms. The van der Waals surface area contributed by atoms with Crippen LogP contribution in [0, 0.1) is 0 Å². The molecule has 0 aliphatic carbocycles. The molecule has 0 saturated heterocycles. The molecule has 20 heavy (non-hydrogen) atoms. The Morgan fingerprint density at radius 1 is 1.35 bits per heavy atom. The first-order chi connectivity index (χ1) is 9.65. The van der Waals surface area contributed by atoms with Crippen molar-refractivity contribution in [2.75, 3.05) is 7.11 Å². The molecule has 104 valence electrons. The zero-order valence-corrected chi connectivity index (χ0v) is 11.3. The van der Waals surface area contributed by atoms with E-state index in [1.54, 1.807) is 31.4 Å².